The Balaban J connectivity index is 1.96. The molecule has 5 heteroatoms. The molecule has 1 aromatic carbocycles. The summed E-state index contributed by atoms with van der Waals surface area (Å²) in [6.45, 7) is 14.6. The molecule has 2 aliphatic heterocycles. The molecule has 2 saturated heterocycles. The number of amides is 1. The number of rotatable bonds is 2. The molecule has 1 N–H and O–H groups in total. The average molecular weight is 403 g/mol. The Hall–Kier alpha value is -1.46. The Morgan fingerprint density at radius 1 is 0.964 bits per heavy atom. The van der Waals surface area contributed by atoms with E-state index in [4.69, 9.17) is 0 Å². The number of hydrazine groups is 1. The molecule has 28 heavy (non-hydrogen) atoms. The third-order valence-corrected chi connectivity index (χ3v) is 6.48. The van der Waals surface area contributed by atoms with Gasteiger partial charge in [0.2, 0.25) is 0 Å². The number of hydrogen-bond donors (Lipinski definition) is 1. The lowest BCUT2D eigenvalue weighted by Crippen LogP contribution is -2.46. The normalized spacial score (nSPS) is 21.0. The maximum Gasteiger partial charge on any atom is 0.275 e. The number of thioether (sulfide) groups is 1. The number of carbonyl (C=O) groups excluding carboxylic acids is 1. The minimum Gasteiger partial charge on any atom is -0.507 e. The van der Waals surface area contributed by atoms with Gasteiger partial charge in [-0.05, 0) is 47.4 Å². The molecule has 1 aromatic rings. The molecule has 0 aliphatic carbocycles. The minimum absolute atomic E-state index is 0.106. The van der Waals surface area contributed by atoms with Crippen LogP contribution in [0.2, 0.25) is 0 Å². The van der Waals surface area contributed by atoms with Crippen molar-refractivity contribution in [2.75, 3.05) is 19.0 Å². The van der Waals surface area contributed by atoms with Crippen molar-refractivity contribution in [3.63, 3.8) is 0 Å². The van der Waals surface area contributed by atoms with Gasteiger partial charge in [0.15, 0.2) is 0 Å². The second kappa shape index (κ2) is 7.75. The molecule has 2 aliphatic rings. The Morgan fingerprint density at radius 3 is 2.00 bits per heavy atom. The topological polar surface area (TPSA) is 43.8 Å². The summed E-state index contributed by atoms with van der Waals surface area (Å²) in [5.41, 5.74) is 2.49. The van der Waals surface area contributed by atoms with Crippen LogP contribution in [-0.4, -0.2) is 40.0 Å². The highest BCUT2D eigenvalue weighted by molar-refractivity contribution is 8.04. The second-order valence-corrected chi connectivity index (χ2v) is 11.0. The van der Waals surface area contributed by atoms with Gasteiger partial charge in [0.05, 0.1) is 10.8 Å². The summed E-state index contributed by atoms with van der Waals surface area (Å²) >= 11 is 1.61. The molecular formula is C23H34N2O2S. The zero-order valence-electron chi connectivity index (χ0n) is 18.1. The number of hydrogen-bond acceptors (Lipinski definition) is 4. The molecule has 0 atom stereocenters. The Labute approximate surface area is 174 Å². The molecule has 0 unspecified atom stereocenters. The third kappa shape index (κ3) is 4.41. The van der Waals surface area contributed by atoms with E-state index in [0.29, 0.717) is 11.6 Å². The summed E-state index contributed by atoms with van der Waals surface area (Å²) in [5.74, 6) is 1.18. The second-order valence-electron chi connectivity index (χ2n) is 9.97. The smallest absolute Gasteiger partial charge is 0.275 e. The summed E-state index contributed by atoms with van der Waals surface area (Å²) in [6.07, 6.45) is 5.58. The lowest BCUT2D eigenvalue weighted by Gasteiger charge is -2.33. The summed E-state index contributed by atoms with van der Waals surface area (Å²) in [6, 6.07) is 4.07. The van der Waals surface area contributed by atoms with Crippen LogP contribution in [0.3, 0.4) is 0 Å². The number of benzene rings is 1. The van der Waals surface area contributed by atoms with Crippen LogP contribution in [0.4, 0.5) is 0 Å². The van der Waals surface area contributed by atoms with Gasteiger partial charge in [0.25, 0.3) is 5.91 Å². The van der Waals surface area contributed by atoms with Crippen molar-refractivity contribution in [2.45, 2.75) is 71.6 Å². The Morgan fingerprint density at radius 2 is 1.50 bits per heavy atom. The quantitative estimate of drug-likeness (QED) is 0.685. The molecule has 0 spiro atoms. The van der Waals surface area contributed by atoms with Gasteiger partial charge >= 0.3 is 0 Å². The molecule has 0 aromatic heterocycles. The highest BCUT2D eigenvalue weighted by Crippen LogP contribution is 2.41. The fourth-order valence-electron chi connectivity index (χ4n) is 3.85. The van der Waals surface area contributed by atoms with Crippen molar-refractivity contribution in [3.05, 3.63) is 33.7 Å². The van der Waals surface area contributed by atoms with Crippen LogP contribution in [0, 0.1) is 0 Å². The third-order valence-electron chi connectivity index (χ3n) is 5.51. The molecule has 0 radical (unpaired) electrons. The van der Waals surface area contributed by atoms with E-state index in [2.05, 4.69) is 46.6 Å². The van der Waals surface area contributed by atoms with Gasteiger partial charge < -0.3 is 5.11 Å². The first-order valence-corrected chi connectivity index (χ1v) is 11.3. The maximum atomic E-state index is 13.0. The molecule has 4 nitrogen and oxygen atoms in total. The van der Waals surface area contributed by atoms with Gasteiger partial charge in [0, 0.05) is 24.2 Å². The Bertz CT molecular complexity index is 746. The van der Waals surface area contributed by atoms with Gasteiger partial charge in [-0.2, -0.15) is 0 Å². The summed E-state index contributed by atoms with van der Waals surface area (Å²) in [4.78, 5) is 13.8. The van der Waals surface area contributed by atoms with E-state index in [-0.39, 0.29) is 16.7 Å². The number of nitrogens with zero attached hydrogens (tertiary/aromatic N) is 2. The van der Waals surface area contributed by atoms with Crippen LogP contribution in [-0.2, 0) is 15.6 Å². The standard InChI is InChI=1S/C23H34N2O2S/c1-22(2,3)17-12-16(13-18(20(17)26)23(4,5)6)14-19-21(27)25(15-28-19)24-10-8-7-9-11-24/h12-14,26H,7-11,15H2,1-6H3. The van der Waals surface area contributed by atoms with Crippen molar-refractivity contribution < 1.29 is 9.90 Å². The van der Waals surface area contributed by atoms with Crippen LogP contribution in [0.1, 0.15) is 77.5 Å². The fraction of sp³-hybridized carbons (Fsp3) is 0.609. The predicted octanol–water partition coefficient (Wildman–Crippen LogP) is 5.26. The van der Waals surface area contributed by atoms with E-state index in [0.717, 1.165) is 47.5 Å². The predicted molar refractivity (Wildman–Crippen MR) is 118 cm³/mol. The monoisotopic (exact) mass is 402 g/mol. The molecule has 3 rings (SSSR count). The van der Waals surface area contributed by atoms with Crippen LogP contribution in [0.15, 0.2) is 17.0 Å². The SMILES string of the molecule is CC(C)(C)c1cc(C=C2SCN(N3CCCCC3)C2=O)cc(C(C)(C)C)c1O. The molecule has 0 bridgehead atoms. The number of phenols is 1. The van der Waals surface area contributed by atoms with Gasteiger partial charge in [-0.1, -0.05) is 59.7 Å². The highest BCUT2D eigenvalue weighted by Gasteiger charge is 2.32. The van der Waals surface area contributed by atoms with E-state index in [1.54, 1.807) is 11.8 Å². The van der Waals surface area contributed by atoms with Gasteiger partial charge in [0.1, 0.15) is 5.75 Å². The van der Waals surface area contributed by atoms with E-state index in [9.17, 15) is 9.90 Å². The largest absolute Gasteiger partial charge is 0.507 e. The van der Waals surface area contributed by atoms with Crippen molar-refractivity contribution in [3.8, 4) is 5.75 Å². The number of aromatic hydroxyl groups is 1. The maximum absolute atomic E-state index is 13.0. The number of carbonyl (C=O) groups is 1. The molecule has 1 amide bonds. The lowest BCUT2D eigenvalue weighted by atomic mass is 9.78. The van der Waals surface area contributed by atoms with E-state index in [1.165, 1.54) is 6.42 Å². The zero-order valence-corrected chi connectivity index (χ0v) is 18.9. The Kier molecular flexibility index (Phi) is 5.88. The van der Waals surface area contributed by atoms with Gasteiger partial charge in [-0.3, -0.25) is 9.80 Å². The average Bonchev–Trinajstić information content (AvgIpc) is 2.95. The van der Waals surface area contributed by atoms with Crippen molar-refractivity contribution in [1.29, 1.82) is 0 Å². The first kappa shape index (κ1) is 21.3. The first-order valence-electron chi connectivity index (χ1n) is 10.3. The number of piperidine rings is 1. The van der Waals surface area contributed by atoms with E-state index < -0.39 is 0 Å². The summed E-state index contributed by atoms with van der Waals surface area (Å²) in [5, 5.41) is 15.0. The van der Waals surface area contributed by atoms with Crippen molar-refractivity contribution in [1.82, 2.24) is 10.0 Å². The molecule has 0 saturated carbocycles. The molecular weight excluding hydrogens is 368 g/mol. The van der Waals surface area contributed by atoms with Crippen LogP contribution in [0.5, 0.6) is 5.75 Å². The molecule has 2 fully saturated rings. The van der Waals surface area contributed by atoms with Gasteiger partial charge in [-0.15, -0.1) is 0 Å². The zero-order chi connectivity index (χ0) is 20.7. The van der Waals surface area contributed by atoms with E-state index >= 15 is 0 Å². The van der Waals surface area contributed by atoms with E-state index in [1.807, 2.05) is 23.2 Å². The summed E-state index contributed by atoms with van der Waals surface area (Å²) in [7, 11) is 0. The summed E-state index contributed by atoms with van der Waals surface area (Å²) < 4.78 is 0. The highest BCUT2D eigenvalue weighted by atomic mass is 32.2. The number of phenolic OH excluding ortho intramolecular Hbond substituents is 1. The van der Waals surface area contributed by atoms with Gasteiger partial charge in [-0.25, -0.2) is 5.01 Å². The molecule has 2 heterocycles. The minimum atomic E-state index is -0.175. The van der Waals surface area contributed by atoms with Crippen molar-refractivity contribution in [2.24, 2.45) is 0 Å². The van der Waals surface area contributed by atoms with Crippen LogP contribution >= 0.6 is 11.8 Å². The van der Waals surface area contributed by atoms with Crippen molar-refractivity contribution >= 4 is 23.7 Å². The van der Waals surface area contributed by atoms with Crippen LogP contribution in [0.25, 0.3) is 6.08 Å². The van der Waals surface area contributed by atoms with Crippen LogP contribution < -0.4 is 0 Å². The fourth-order valence-corrected chi connectivity index (χ4v) is 4.84. The molecule has 154 valence electrons. The lowest BCUT2D eigenvalue weighted by molar-refractivity contribution is -0.141. The first-order chi connectivity index (χ1) is 13.0.